The van der Waals surface area contributed by atoms with E-state index in [0.717, 1.165) is 13.1 Å². The van der Waals surface area contributed by atoms with Crippen LogP contribution in [-0.4, -0.2) is 55.1 Å². The fourth-order valence-corrected chi connectivity index (χ4v) is 3.36. The molecule has 1 spiro atoms. The number of carbonyl (C=O) groups excluding carboxylic acids is 1. The second-order valence-corrected chi connectivity index (χ2v) is 6.39. The molecule has 3 nitrogen and oxygen atoms in total. The Hall–Kier alpha value is -0.570. The minimum absolute atomic E-state index is 0.254. The lowest BCUT2D eigenvalue weighted by Crippen LogP contribution is -2.55. The molecule has 2 aliphatic rings. The van der Waals surface area contributed by atoms with Crippen molar-refractivity contribution in [1.29, 1.82) is 0 Å². The van der Waals surface area contributed by atoms with Crippen LogP contribution < -0.4 is 0 Å². The van der Waals surface area contributed by atoms with E-state index in [1.54, 1.807) is 6.92 Å². The van der Waals surface area contributed by atoms with Gasteiger partial charge < -0.3 is 9.38 Å². The van der Waals surface area contributed by atoms with Crippen molar-refractivity contribution in [3.63, 3.8) is 0 Å². The van der Waals surface area contributed by atoms with Crippen molar-refractivity contribution >= 4 is 5.91 Å². The largest absolute Gasteiger partial charge is 0.343 e. The molecule has 2 rings (SSSR count). The Morgan fingerprint density at radius 1 is 1.18 bits per heavy atom. The lowest BCUT2D eigenvalue weighted by Gasteiger charge is -2.49. The van der Waals surface area contributed by atoms with Crippen LogP contribution in [0.4, 0.5) is 0 Å². The van der Waals surface area contributed by atoms with Crippen molar-refractivity contribution in [2.75, 3.05) is 39.8 Å². The number of quaternary nitrogens is 1. The van der Waals surface area contributed by atoms with Crippen LogP contribution in [0.3, 0.4) is 0 Å². The highest BCUT2D eigenvalue weighted by atomic mass is 16.2. The predicted molar refractivity (Wildman–Crippen MR) is 69.6 cm³/mol. The fourth-order valence-electron chi connectivity index (χ4n) is 3.36. The van der Waals surface area contributed by atoms with Crippen molar-refractivity contribution in [2.45, 2.75) is 39.5 Å². The summed E-state index contributed by atoms with van der Waals surface area (Å²) in [7, 11) is 2.39. The Balaban J connectivity index is 1.90. The number of rotatable bonds is 1. The summed E-state index contributed by atoms with van der Waals surface area (Å²) in [6.07, 6.45) is 5.19. The molecule has 0 saturated carbocycles. The van der Waals surface area contributed by atoms with Crippen molar-refractivity contribution in [2.24, 2.45) is 5.41 Å². The summed E-state index contributed by atoms with van der Waals surface area (Å²) in [5, 5.41) is 0. The van der Waals surface area contributed by atoms with E-state index < -0.39 is 0 Å². The van der Waals surface area contributed by atoms with Gasteiger partial charge in [-0.2, -0.15) is 0 Å². The Bertz CT molecular complexity index is 283. The molecule has 2 heterocycles. The van der Waals surface area contributed by atoms with E-state index in [0.29, 0.717) is 5.41 Å². The van der Waals surface area contributed by atoms with Crippen LogP contribution >= 0.6 is 0 Å². The highest BCUT2D eigenvalue weighted by Gasteiger charge is 2.42. The van der Waals surface area contributed by atoms with Gasteiger partial charge in [-0.25, -0.2) is 0 Å². The second kappa shape index (κ2) is 4.60. The van der Waals surface area contributed by atoms with Gasteiger partial charge in [0, 0.05) is 32.9 Å². The first-order valence-electron chi connectivity index (χ1n) is 7.08. The summed E-state index contributed by atoms with van der Waals surface area (Å²) in [4.78, 5) is 13.4. The lowest BCUT2D eigenvalue weighted by atomic mass is 9.70. The molecule has 0 N–H and O–H groups in total. The van der Waals surface area contributed by atoms with Gasteiger partial charge in [-0.3, -0.25) is 4.79 Å². The van der Waals surface area contributed by atoms with Gasteiger partial charge in [0.2, 0.25) is 5.91 Å². The molecule has 1 amide bonds. The Kier molecular flexibility index (Phi) is 3.48. The van der Waals surface area contributed by atoms with E-state index >= 15 is 0 Å². The van der Waals surface area contributed by atoms with Crippen LogP contribution in [0, 0.1) is 5.41 Å². The van der Waals surface area contributed by atoms with Crippen molar-refractivity contribution < 1.29 is 9.28 Å². The summed E-state index contributed by atoms with van der Waals surface area (Å²) < 4.78 is 1.25. The zero-order valence-corrected chi connectivity index (χ0v) is 11.7. The molecule has 0 aromatic rings. The number of likely N-dealkylation sites (tertiary alicyclic amines) is 2. The van der Waals surface area contributed by atoms with E-state index in [1.807, 2.05) is 4.90 Å². The van der Waals surface area contributed by atoms with Gasteiger partial charge >= 0.3 is 0 Å². The van der Waals surface area contributed by atoms with Crippen LogP contribution in [0.2, 0.25) is 0 Å². The molecule has 2 aliphatic heterocycles. The summed E-state index contributed by atoms with van der Waals surface area (Å²) in [6, 6.07) is 0. The maximum absolute atomic E-state index is 11.3. The van der Waals surface area contributed by atoms with Gasteiger partial charge in [0.15, 0.2) is 0 Å². The fraction of sp³-hybridized carbons (Fsp3) is 0.929. The van der Waals surface area contributed by atoms with Crippen LogP contribution in [0.25, 0.3) is 0 Å². The summed E-state index contributed by atoms with van der Waals surface area (Å²) >= 11 is 0. The topological polar surface area (TPSA) is 20.3 Å². The summed E-state index contributed by atoms with van der Waals surface area (Å²) in [5.74, 6) is 0.254. The first kappa shape index (κ1) is 12.9. The normalized spacial score (nSPS) is 27.1. The van der Waals surface area contributed by atoms with E-state index in [1.165, 1.54) is 49.8 Å². The maximum atomic E-state index is 11.3. The molecular weight excluding hydrogens is 212 g/mol. The molecule has 0 radical (unpaired) electrons. The molecule has 2 saturated heterocycles. The lowest BCUT2D eigenvalue weighted by molar-refractivity contribution is -0.915. The van der Waals surface area contributed by atoms with Gasteiger partial charge in [0.05, 0.1) is 26.7 Å². The highest BCUT2D eigenvalue weighted by Crippen LogP contribution is 2.42. The first-order valence-corrected chi connectivity index (χ1v) is 7.08. The van der Waals surface area contributed by atoms with Gasteiger partial charge in [0.25, 0.3) is 0 Å². The molecule has 98 valence electrons. The number of piperidine rings is 2. The Morgan fingerprint density at radius 2 is 1.71 bits per heavy atom. The molecule has 0 unspecified atom stereocenters. The molecule has 0 aromatic carbocycles. The molecule has 0 aliphatic carbocycles. The quantitative estimate of drug-likeness (QED) is 0.640. The predicted octanol–water partition coefficient (Wildman–Crippen LogP) is 1.88. The molecule has 2 fully saturated rings. The third-order valence-electron chi connectivity index (χ3n) is 5.40. The summed E-state index contributed by atoms with van der Waals surface area (Å²) in [6.45, 7) is 9.90. The third-order valence-corrected chi connectivity index (χ3v) is 5.40. The molecule has 0 bridgehead atoms. The molecular formula is C14H27N2O+. The minimum atomic E-state index is 0.254. The third kappa shape index (κ3) is 2.65. The number of hydrogen-bond donors (Lipinski definition) is 0. The second-order valence-electron chi connectivity index (χ2n) is 6.39. The standard InChI is InChI=1S/C14H27N2O/c1-4-16(3)11-7-14(8-12-16)5-9-15(10-6-14)13(2)17/h4-12H2,1-3H3/q+1. The number of nitrogens with zero attached hydrogens (tertiary/aromatic N) is 2. The monoisotopic (exact) mass is 239 g/mol. The SMILES string of the molecule is CC[N+]1(C)CCC2(CCN(C(C)=O)CC2)CC1. The van der Waals surface area contributed by atoms with Crippen LogP contribution in [0.5, 0.6) is 0 Å². The number of amides is 1. The first-order chi connectivity index (χ1) is 7.99. The van der Waals surface area contributed by atoms with E-state index in [4.69, 9.17) is 0 Å². The highest BCUT2D eigenvalue weighted by molar-refractivity contribution is 5.73. The molecule has 0 aromatic heterocycles. The van der Waals surface area contributed by atoms with E-state index in [2.05, 4.69) is 14.0 Å². The van der Waals surface area contributed by atoms with Crippen molar-refractivity contribution in [1.82, 2.24) is 4.90 Å². The molecule has 0 atom stereocenters. The van der Waals surface area contributed by atoms with Gasteiger partial charge in [-0.1, -0.05) is 0 Å². The average Bonchev–Trinajstić information content (AvgIpc) is 2.34. The molecule has 17 heavy (non-hydrogen) atoms. The van der Waals surface area contributed by atoms with Gasteiger partial charge in [0.1, 0.15) is 0 Å². The zero-order chi connectivity index (χ0) is 12.5. The minimum Gasteiger partial charge on any atom is -0.343 e. The van der Waals surface area contributed by atoms with Crippen LogP contribution in [-0.2, 0) is 4.79 Å². The van der Waals surface area contributed by atoms with Crippen molar-refractivity contribution in [3.8, 4) is 0 Å². The zero-order valence-electron chi connectivity index (χ0n) is 11.7. The number of carbonyl (C=O) groups is 1. The van der Waals surface area contributed by atoms with Crippen LogP contribution in [0.1, 0.15) is 39.5 Å². The molecule has 3 heteroatoms. The van der Waals surface area contributed by atoms with Gasteiger partial charge in [-0.05, 0) is 25.2 Å². The Labute approximate surface area is 105 Å². The number of hydrogen-bond acceptors (Lipinski definition) is 1. The smallest absolute Gasteiger partial charge is 0.219 e. The maximum Gasteiger partial charge on any atom is 0.219 e. The summed E-state index contributed by atoms with van der Waals surface area (Å²) in [5.41, 5.74) is 0.568. The van der Waals surface area contributed by atoms with Crippen LogP contribution in [0.15, 0.2) is 0 Å². The van der Waals surface area contributed by atoms with Crippen molar-refractivity contribution in [3.05, 3.63) is 0 Å². The van der Waals surface area contributed by atoms with Gasteiger partial charge in [-0.15, -0.1) is 0 Å². The van der Waals surface area contributed by atoms with E-state index in [9.17, 15) is 4.79 Å². The Morgan fingerprint density at radius 3 is 2.12 bits per heavy atom. The van der Waals surface area contributed by atoms with E-state index in [-0.39, 0.29) is 5.91 Å². The average molecular weight is 239 g/mol.